The van der Waals surface area contributed by atoms with E-state index < -0.39 is 0 Å². The number of aromatic nitrogens is 4. The molecule has 2 aliphatic rings. The summed E-state index contributed by atoms with van der Waals surface area (Å²) in [5.74, 6) is 0. The molecule has 0 aliphatic carbocycles. The third-order valence-corrected chi connectivity index (χ3v) is 11.4. The molecule has 7 aromatic rings. The average Bonchev–Trinajstić information content (AvgIpc) is 3.99. The number of hydrogen-bond acceptors (Lipinski definition) is 2. The first-order valence-electron chi connectivity index (χ1n) is 16.6. The molecule has 0 saturated carbocycles. The van der Waals surface area contributed by atoms with Crippen LogP contribution in [0.5, 0.6) is 0 Å². The smallest absolute Gasteiger partial charge is 0.0872 e. The molecule has 3 aromatic heterocycles. The number of fused-ring (bicyclic) bond motifs is 10. The second kappa shape index (κ2) is 13.7. The Balaban J connectivity index is 1.47. The normalized spacial score (nSPS) is 12.1. The van der Waals surface area contributed by atoms with E-state index in [4.69, 9.17) is 9.97 Å². The van der Waals surface area contributed by atoms with Gasteiger partial charge in [-0.3, -0.25) is 0 Å². The van der Waals surface area contributed by atoms with Gasteiger partial charge in [-0.25, -0.2) is 9.97 Å². The topological polar surface area (TPSA) is 57.4 Å². The summed E-state index contributed by atoms with van der Waals surface area (Å²) in [6.07, 6.45) is 8.45. The van der Waals surface area contributed by atoms with Crippen LogP contribution in [0.3, 0.4) is 0 Å². The van der Waals surface area contributed by atoms with Gasteiger partial charge in [0, 0.05) is 51.2 Å². The van der Waals surface area contributed by atoms with Gasteiger partial charge >= 0.3 is 0 Å². The quantitative estimate of drug-likeness (QED) is 0.185. The SMILES string of the molecule is Brc1ccc(-c2c3nc(c4ccc([nH]4)c(-c4ccc(Br)cc4)c(-c4ccc(Br)cc4)c4nc(c5ccc([nH]5)c2-c2ccc(Br)cc2)C=C4)C=C3)cc1. The number of hydrogen-bond donors (Lipinski definition) is 2. The van der Waals surface area contributed by atoms with Crippen molar-refractivity contribution in [3.8, 4) is 44.5 Å². The van der Waals surface area contributed by atoms with Crippen molar-refractivity contribution < 1.29 is 0 Å². The molecule has 0 radical (unpaired) electrons. The molecule has 0 atom stereocenters. The molecule has 250 valence electrons. The lowest BCUT2D eigenvalue weighted by Gasteiger charge is -2.12. The zero-order valence-corrected chi connectivity index (χ0v) is 33.6. The second-order valence-electron chi connectivity index (χ2n) is 12.5. The van der Waals surface area contributed by atoms with Crippen LogP contribution < -0.4 is 0 Å². The number of aromatic amines is 2. The first-order valence-corrected chi connectivity index (χ1v) is 19.8. The third-order valence-electron chi connectivity index (χ3n) is 9.29. The Morgan fingerprint density at radius 2 is 0.558 bits per heavy atom. The van der Waals surface area contributed by atoms with Gasteiger partial charge < -0.3 is 9.97 Å². The fraction of sp³-hybridized carbons (Fsp3) is 0. The Bertz CT molecular complexity index is 2550. The van der Waals surface area contributed by atoms with Crippen LogP contribution in [-0.2, 0) is 0 Å². The van der Waals surface area contributed by atoms with Crippen molar-refractivity contribution >= 4 is 110 Å². The summed E-state index contributed by atoms with van der Waals surface area (Å²) in [6, 6.07) is 42.4. The molecular formula is C44H26Br4N4. The van der Waals surface area contributed by atoms with E-state index in [0.29, 0.717) is 0 Å². The molecule has 2 N–H and O–H groups in total. The number of benzene rings is 4. The molecule has 0 amide bonds. The molecule has 0 spiro atoms. The van der Waals surface area contributed by atoms with Crippen molar-refractivity contribution in [3.63, 3.8) is 0 Å². The summed E-state index contributed by atoms with van der Waals surface area (Å²) in [7, 11) is 0. The summed E-state index contributed by atoms with van der Waals surface area (Å²) in [5, 5.41) is 0. The largest absolute Gasteiger partial charge is 0.353 e. The predicted octanol–water partition coefficient (Wildman–Crippen LogP) is 14.4. The van der Waals surface area contributed by atoms with Crippen molar-refractivity contribution in [2.75, 3.05) is 0 Å². The van der Waals surface area contributed by atoms with Crippen molar-refractivity contribution in [1.29, 1.82) is 0 Å². The minimum Gasteiger partial charge on any atom is -0.353 e. The predicted molar refractivity (Wildman–Crippen MR) is 231 cm³/mol. The van der Waals surface area contributed by atoms with Gasteiger partial charge in [0.1, 0.15) is 0 Å². The van der Waals surface area contributed by atoms with Crippen LogP contribution in [0.2, 0.25) is 0 Å². The van der Waals surface area contributed by atoms with Gasteiger partial charge in [0.25, 0.3) is 0 Å². The van der Waals surface area contributed by atoms with Gasteiger partial charge in [0.15, 0.2) is 0 Å². The van der Waals surface area contributed by atoms with Crippen molar-refractivity contribution in [1.82, 2.24) is 19.9 Å². The first-order chi connectivity index (χ1) is 25.4. The zero-order chi connectivity index (χ0) is 35.3. The fourth-order valence-corrected chi connectivity index (χ4v) is 7.92. The zero-order valence-electron chi connectivity index (χ0n) is 27.3. The number of nitrogens with zero attached hydrogens (tertiary/aromatic N) is 2. The van der Waals surface area contributed by atoms with E-state index in [1.54, 1.807) is 0 Å². The lowest BCUT2D eigenvalue weighted by atomic mass is 9.93. The molecule has 2 aliphatic heterocycles. The first kappa shape index (κ1) is 33.3. The highest BCUT2D eigenvalue weighted by atomic mass is 79.9. The maximum atomic E-state index is 5.33. The third kappa shape index (κ3) is 6.28. The fourth-order valence-electron chi connectivity index (χ4n) is 6.86. The number of nitrogens with one attached hydrogen (secondary N) is 2. The standard InChI is InChI=1S/C44H26Br4N4/c45-29-9-1-25(2-10-29)41-37-21-17-33(49-37)34-19-23-39(51-34)43(27-5-13-31(47)14-6-27)44(28-7-15-32(48)16-8-28)40-24-20-36(52-40)35-18-22-38(50-35)42(41)26-3-11-30(46)12-4-26/h1-24,49,52H. The Hall–Kier alpha value is -4.60. The molecule has 0 fully saturated rings. The van der Waals surface area contributed by atoms with E-state index in [1.807, 2.05) is 0 Å². The summed E-state index contributed by atoms with van der Waals surface area (Å²) in [4.78, 5) is 18.2. The highest BCUT2D eigenvalue weighted by Crippen LogP contribution is 2.41. The van der Waals surface area contributed by atoms with Crippen LogP contribution in [-0.4, -0.2) is 19.9 Å². The maximum absolute atomic E-state index is 5.33. The van der Waals surface area contributed by atoms with Crippen LogP contribution >= 0.6 is 63.7 Å². The summed E-state index contributed by atoms with van der Waals surface area (Å²) in [5.41, 5.74) is 15.7. The highest BCUT2D eigenvalue weighted by Gasteiger charge is 2.20. The Kier molecular flexibility index (Phi) is 8.79. The van der Waals surface area contributed by atoms with E-state index >= 15 is 0 Å². The number of halogens is 4. The molecule has 52 heavy (non-hydrogen) atoms. The molecular weight excluding hydrogens is 904 g/mol. The number of rotatable bonds is 4. The van der Waals surface area contributed by atoms with Gasteiger partial charge in [0.2, 0.25) is 0 Å². The lowest BCUT2D eigenvalue weighted by molar-refractivity contribution is 1.31. The lowest BCUT2D eigenvalue weighted by Crippen LogP contribution is -1.91. The van der Waals surface area contributed by atoms with Crippen molar-refractivity contribution in [2.24, 2.45) is 0 Å². The Labute approximate surface area is 334 Å². The molecule has 4 nitrogen and oxygen atoms in total. The minimum atomic E-state index is 0.861. The van der Waals surface area contributed by atoms with Gasteiger partial charge in [0.05, 0.1) is 33.8 Å². The Morgan fingerprint density at radius 3 is 0.885 bits per heavy atom. The van der Waals surface area contributed by atoms with Gasteiger partial charge in [-0.1, -0.05) is 112 Å². The number of H-pyrrole nitrogens is 2. The van der Waals surface area contributed by atoms with Crippen LogP contribution in [0.15, 0.2) is 139 Å². The molecule has 8 heteroatoms. The second-order valence-corrected chi connectivity index (χ2v) is 16.2. The molecule has 0 saturated heterocycles. The van der Waals surface area contributed by atoms with E-state index in [1.165, 1.54) is 0 Å². The van der Waals surface area contributed by atoms with E-state index in [2.05, 4.69) is 219 Å². The maximum Gasteiger partial charge on any atom is 0.0872 e. The highest BCUT2D eigenvalue weighted by molar-refractivity contribution is 9.11. The minimum absolute atomic E-state index is 0.861. The van der Waals surface area contributed by atoms with Crippen LogP contribution in [0, 0.1) is 0 Å². The van der Waals surface area contributed by atoms with Gasteiger partial charge in [-0.2, -0.15) is 0 Å². The molecule has 8 bridgehead atoms. The van der Waals surface area contributed by atoms with Crippen LogP contribution in [0.1, 0.15) is 22.8 Å². The molecule has 0 unspecified atom stereocenters. The van der Waals surface area contributed by atoms with Crippen LogP contribution in [0.25, 0.3) is 90.9 Å². The van der Waals surface area contributed by atoms with Crippen molar-refractivity contribution in [2.45, 2.75) is 0 Å². The molecule has 5 heterocycles. The van der Waals surface area contributed by atoms with Gasteiger partial charge in [-0.15, -0.1) is 0 Å². The van der Waals surface area contributed by atoms with E-state index in [-0.39, 0.29) is 0 Å². The van der Waals surface area contributed by atoms with Crippen LogP contribution in [0.4, 0.5) is 0 Å². The molecule has 4 aromatic carbocycles. The summed E-state index contributed by atoms with van der Waals surface area (Å²) < 4.78 is 4.07. The summed E-state index contributed by atoms with van der Waals surface area (Å²) in [6.45, 7) is 0. The van der Waals surface area contributed by atoms with Crippen molar-refractivity contribution in [3.05, 3.63) is 162 Å². The van der Waals surface area contributed by atoms with E-state index in [9.17, 15) is 0 Å². The van der Waals surface area contributed by atoms with Gasteiger partial charge in [-0.05, 0) is 119 Å². The monoisotopic (exact) mass is 926 g/mol. The Morgan fingerprint density at radius 1 is 0.288 bits per heavy atom. The average molecular weight is 930 g/mol. The molecule has 9 rings (SSSR count). The van der Waals surface area contributed by atoms with E-state index in [0.717, 1.165) is 107 Å². The summed E-state index contributed by atoms with van der Waals surface area (Å²) >= 11 is 14.6.